The molecule has 4 fully saturated rings. The number of anilines is 3. The molecule has 2 N–H and O–H groups in total. The van der Waals surface area contributed by atoms with Crippen LogP contribution in [0.15, 0.2) is 54.9 Å². The molecule has 1 atom stereocenters. The Morgan fingerprint density at radius 3 is 2.31 bits per heavy atom. The van der Waals surface area contributed by atoms with Crippen LogP contribution in [0.3, 0.4) is 0 Å². The molecule has 4 aromatic rings. The monoisotopic (exact) mass is 735 g/mol. The molecule has 0 spiro atoms. The Labute approximate surface area is 315 Å². The summed E-state index contributed by atoms with van der Waals surface area (Å²) in [5, 5.41) is 6.54. The minimum Gasteiger partial charge on any atom is -0.370 e. The van der Waals surface area contributed by atoms with Gasteiger partial charge in [-0.2, -0.15) is 4.98 Å². The zero-order valence-electron chi connectivity index (χ0n) is 31.3. The lowest BCUT2D eigenvalue weighted by Crippen LogP contribution is -2.49. The van der Waals surface area contributed by atoms with Gasteiger partial charge in [-0.3, -0.25) is 19.7 Å². The SMILES string of the molecule is CN(C)C(=O)c1cc2cnc(Nc3ccc(N4CCC(F)(CN5CCC(c6ccc(C7CCC(=O)NC7=O)cc6)CC5)CC4)cn3)nc2n1C1CCCC1. The molecule has 54 heavy (non-hydrogen) atoms. The fourth-order valence-electron chi connectivity index (χ4n) is 8.92. The topological polar surface area (TPSA) is 129 Å². The van der Waals surface area contributed by atoms with Gasteiger partial charge in [0.1, 0.15) is 22.8 Å². The van der Waals surface area contributed by atoms with Gasteiger partial charge < -0.3 is 24.6 Å². The van der Waals surface area contributed by atoms with Crippen LogP contribution in [0.5, 0.6) is 0 Å². The summed E-state index contributed by atoms with van der Waals surface area (Å²) in [6.07, 6.45) is 11.8. The van der Waals surface area contributed by atoms with Crippen molar-refractivity contribution in [2.24, 2.45) is 0 Å². The highest BCUT2D eigenvalue weighted by Crippen LogP contribution is 2.37. The minimum atomic E-state index is -1.22. The second-order valence-electron chi connectivity index (χ2n) is 15.9. The van der Waals surface area contributed by atoms with E-state index >= 15 is 4.39 Å². The number of halogens is 1. The van der Waals surface area contributed by atoms with Crippen molar-refractivity contribution in [3.63, 3.8) is 0 Å². The molecule has 6 heterocycles. The predicted molar refractivity (Wildman–Crippen MR) is 206 cm³/mol. The second-order valence-corrected chi connectivity index (χ2v) is 15.9. The molecule has 0 bridgehead atoms. The van der Waals surface area contributed by atoms with E-state index in [0.717, 1.165) is 73.9 Å². The summed E-state index contributed by atoms with van der Waals surface area (Å²) < 4.78 is 18.3. The van der Waals surface area contributed by atoms with E-state index in [1.54, 1.807) is 25.2 Å². The zero-order chi connectivity index (χ0) is 37.4. The Hall–Kier alpha value is -4.91. The highest BCUT2D eigenvalue weighted by atomic mass is 19.1. The number of fused-ring (bicyclic) bond motifs is 1. The maximum Gasteiger partial charge on any atom is 0.270 e. The van der Waals surface area contributed by atoms with Crippen LogP contribution in [0.25, 0.3) is 11.0 Å². The Balaban J connectivity index is 0.831. The van der Waals surface area contributed by atoms with Crippen LogP contribution < -0.4 is 15.5 Å². The Morgan fingerprint density at radius 2 is 1.65 bits per heavy atom. The summed E-state index contributed by atoms with van der Waals surface area (Å²) in [6, 6.07) is 14.4. The van der Waals surface area contributed by atoms with Crippen molar-refractivity contribution in [1.82, 2.24) is 34.6 Å². The van der Waals surface area contributed by atoms with Crippen molar-refractivity contribution >= 4 is 46.2 Å². The van der Waals surface area contributed by atoms with E-state index in [-0.39, 0.29) is 29.7 Å². The first-order chi connectivity index (χ1) is 26.1. The minimum absolute atomic E-state index is 0.0384. The normalized spacial score (nSPS) is 21.4. The molecule has 1 aliphatic carbocycles. The third kappa shape index (κ3) is 7.55. The first kappa shape index (κ1) is 36.1. The lowest BCUT2D eigenvalue weighted by molar-refractivity contribution is -0.134. The van der Waals surface area contributed by atoms with E-state index in [9.17, 15) is 14.4 Å². The number of carbonyl (C=O) groups excluding carboxylic acids is 3. The smallest absolute Gasteiger partial charge is 0.270 e. The van der Waals surface area contributed by atoms with Crippen molar-refractivity contribution in [3.8, 4) is 0 Å². The number of imide groups is 1. The fourth-order valence-corrected chi connectivity index (χ4v) is 8.92. The van der Waals surface area contributed by atoms with E-state index < -0.39 is 5.67 Å². The van der Waals surface area contributed by atoms with Crippen molar-refractivity contribution in [2.45, 2.75) is 87.8 Å². The van der Waals surface area contributed by atoms with Gasteiger partial charge in [0.15, 0.2) is 0 Å². The molecule has 1 aromatic carbocycles. The van der Waals surface area contributed by atoms with Gasteiger partial charge in [0, 0.05) is 70.6 Å². The summed E-state index contributed by atoms with van der Waals surface area (Å²) in [6.45, 7) is 3.46. The Kier molecular flexibility index (Phi) is 10.1. The number of hydrogen-bond acceptors (Lipinski definition) is 9. The van der Waals surface area contributed by atoms with Crippen LogP contribution in [0.1, 0.15) is 104 Å². The summed E-state index contributed by atoms with van der Waals surface area (Å²) >= 11 is 0. The van der Waals surface area contributed by atoms with Crippen LogP contribution in [-0.4, -0.2) is 99.5 Å². The molecular weight excluding hydrogens is 686 g/mol. The quantitative estimate of drug-likeness (QED) is 0.196. The number of benzene rings is 1. The van der Waals surface area contributed by atoms with Crippen LogP contribution in [0.2, 0.25) is 0 Å². The summed E-state index contributed by atoms with van der Waals surface area (Å²) in [5.41, 5.74) is 3.37. The molecule has 3 saturated heterocycles. The summed E-state index contributed by atoms with van der Waals surface area (Å²) in [5.74, 6) is 0.759. The third-order valence-electron chi connectivity index (χ3n) is 12.0. The van der Waals surface area contributed by atoms with Gasteiger partial charge >= 0.3 is 0 Å². The van der Waals surface area contributed by atoms with E-state index in [1.807, 2.05) is 36.5 Å². The van der Waals surface area contributed by atoms with Crippen molar-refractivity contribution < 1.29 is 18.8 Å². The van der Waals surface area contributed by atoms with Gasteiger partial charge in [0.2, 0.25) is 17.8 Å². The molecule has 13 heteroatoms. The number of alkyl halides is 1. The van der Waals surface area contributed by atoms with Crippen LogP contribution in [0.4, 0.5) is 21.8 Å². The first-order valence-corrected chi connectivity index (χ1v) is 19.5. The molecule has 3 aliphatic heterocycles. The standard InChI is InChI=1S/C41H50FN9O3/c1-48(2)39(54)34-23-30-24-44-40(47-37(30)51(34)31-5-3-4-6-31)45-35-13-11-32(25-43-35)50-21-17-41(42,18-22-50)26-49-19-15-28(16-20-49)27-7-9-29(10-8-27)33-12-14-36(52)46-38(33)53/h7-11,13,23-25,28,31,33H,3-6,12,14-22,26H2,1-2H3,(H,46,52,53)(H,43,44,45,47). The average molecular weight is 736 g/mol. The molecule has 0 radical (unpaired) electrons. The molecule has 12 nitrogen and oxygen atoms in total. The van der Waals surface area contributed by atoms with Crippen LogP contribution in [0, 0.1) is 0 Å². The second kappa shape index (κ2) is 15.1. The molecule has 4 aliphatic rings. The van der Waals surface area contributed by atoms with Crippen LogP contribution in [-0.2, 0) is 9.59 Å². The number of likely N-dealkylation sites (tertiary alicyclic amines) is 1. The predicted octanol–water partition coefficient (Wildman–Crippen LogP) is 6.10. The van der Waals surface area contributed by atoms with E-state index in [4.69, 9.17) is 4.98 Å². The van der Waals surface area contributed by atoms with E-state index in [2.05, 4.69) is 47.1 Å². The molecule has 1 unspecified atom stereocenters. The number of carbonyl (C=O) groups is 3. The number of rotatable bonds is 9. The van der Waals surface area contributed by atoms with Gasteiger partial charge in [0.25, 0.3) is 5.91 Å². The van der Waals surface area contributed by atoms with E-state index in [1.165, 1.54) is 5.56 Å². The van der Waals surface area contributed by atoms with Gasteiger partial charge in [-0.15, -0.1) is 0 Å². The average Bonchev–Trinajstić information content (AvgIpc) is 3.84. The Bertz CT molecular complexity index is 1990. The zero-order valence-corrected chi connectivity index (χ0v) is 31.3. The molecule has 8 rings (SSSR count). The molecule has 284 valence electrons. The van der Waals surface area contributed by atoms with Gasteiger partial charge in [-0.05, 0) is 80.4 Å². The lowest BCUT2D eigenvalue weighted by Gasteiger charge is -2.41. The molecule has 3 aromatic heterocycles. The summed E-state index contributed by atoms with van der Waals surface area (Å²) in [4.78, 5) is 57.0. The number of amides is 3. The highest BCUT2D eigenvalue weighted by Gasteiger charge is 2.37. The number of nitrogens with one attached hydrogen (secondary N) is 2. The highest BCUT2D eigenvalue weighted by molar-refractivity contribution is 6.01. The largest absolute Gasteiger partial charge is 0.370 e. The summed E-state index contributed by atoms with van der Waals surface area (Å²) in [7, 11) is 3.54. The number of nitrogens with zero attached hydrogens (tertiary/aromatic N) is 7. The molecular formula is C41H50FN9O3. The van der Waals surface area contributed by atoms with Gasteiger partial charge in [-0.1, -0.05) is 37.1 Å². The lowest BCUT2D eigenvalue weighted by atomic mass is 9.85. The number of pyridine rings is 1. The van der Waals surface area contributed by atoms with Gasteiger partial charge in [0.05, 0.1) is 17.8 Å². The van der Waals surface area contributed by atoms with Crippen molar-refractivity contribution in [1.29, 1.82) is 0 Å². The fraction of sp³-hybridized carbons (Fsp3) is 0.512. The van der Waals surface area contributed by atoms with Gasteiger partial charge in [-0.25, -0.2) is 14.4 Å². The molecule has 3 amide bonds. The van der Waals surface area contributed by atoms with Crippen molar-refractivity contribution in [3.05, 3.63) is 71.7 Å². The van der Waals surface area contributed by atoms with Crippen molar-refractivity contribution in [2.75, 3.05) is 57.0 Å². The number of piperidine rings is 3. The first-order valence-electron chi connectivity index (χ1n) is 19.5. The maximum atomic E-state index is 16.2. The number of hydrogen-bond donors (Lipinski definition) is 2. The third-order valence-corrected chi connectivity index (χ3v) is 12.0. The van der Waals surface area contributed by atoms with E-state index in [0.29, 0.717) is 68.7 Å². The molecule has 1 saturated carbocycles. The van der Waals surface area contributed by atoms with Crippen LogP contribution >= 0.6 is 0 Å². The Morgan fingerprint density at radius 1 is 0.926 bits per heavy atom. The number of aromatic nitrogens is 4. The maximum absolute atomic E-state index is 16.2.